The van der Waals surface area contributed by atoms with Crippen LogP contribution in [0.25, 0.3) is 0 Å². The van der Waals surface area contributed by atoms with Gasteiger partial charge in [0.15, 0.2) is 5.96 Å². The number of carbonyl (C=O) groups is 1. The van der Waals surface area contributed by atoms with Crippen LogP contribution < -0.4 is 10.6 Å². The molecule has 0 aromatic carbocycles. The van der Waals surface area contributed by atoms with Crippen LogP contribution in [-0.2, 0) is 4.79 Å². The third-order valence-electron chi connectivity index (χ3n) is 4.95. The fourth-order valence-electron chi connectivity index (χ4n) is 3.36. The monoisotopic (exact) mass is 381 g/mol. The summed E-state index contributed by atoms with van der Waals surface area (Å²) < 4.78 is 0. The van der Waals surface area contributed by atoms with Gasteiger partial charge in [0.2, 0.25) is 5.91 Å². The number of nitrogens with one attached hydrogen (secondary N) is 2. The molecule has 1 rings (SSSR count). The van der Waals surface area contributed by atoms with Crippen LogP contribution in [-0.4, -0.2) is 75.0 Å². The Morgan fingerprint density at radius 1 is 1.04 bits per heavy atom. The van der Waals surface area contributed by atoms with Gasteiger partial charge in [-0.15, -0.1) is 0 Å². The molecular weight excluding hydrogens is 338 g/mol. The maximum atomic E-state index is 12.0. The first kappa shape index (κ1) is 23.7. The molecule has 0 radical (unpaired) electrons. The summed E-state index contributed by atoms with van der Waals surface area (Å²) in [5.74, 6) is 1.24. The largest absolute Gasteiger partial charge is 0.357 e. The molecule has 1 fully saturated rings. The van der Waals surface area contributed by atoms with E-state index in [-0.39, 0.29) is 0 Å². The minimum absolute atomic E-state index is 0.326. The Bertz CT molecular complexity index is 411. The molecule has 0 spiro atoms. The number of rotatable bonds is 13. The molecule has 1 aliphatic rings. The van der Waals surface area contributed by atoms with Crippen molar-refractivity contribution in [1.82, 2.24) is 20.4 Å². The van der Waals surface area contributed by atoms with Crippen molar-refractivity contribution in [3.63, 3.8) is 0 Å². The van der Waals surface area contributed by atoms with E-state index < -0.39 is 0 Å². The van der Waals surface area contributed by atoms with E-state index in [1.807, 2.05) is 4.90 Å². The van der Waals surface area contributed by atoms with Gasteiger partial charge in [0.25, 0.3) is 0 Å². The molecule has 0 aromatic heterocycles. The summed E-state index contributed by atoms with van der Waals surface area (Å²) in [5.41, 5.74) is 0. The molecule has 158 valence electrons. The molecule has 0 atom stereocenters. The highest BCUT2D eigenvalue weighted by Crippen LogP contribution is 2.11. The summed E-state index contributed by atoms with van der Waals surface area (Å²) in [6.07, 6.45) is 11.4. The van der Waals surface area contributed by atoms with E-state index in [1.54, 1.807) is 0 Å². The van der Waals surface area contributed by atoms with E-state index in [0.29, 0.717) is 5.91 Å². The molecule has 1 amide bonds. The number of amides is 1. The van der Waals surface area contributed by atoms with Crippen molar-refractivity contribution in [2.45, 2.75) is 71.1 Å². The highest BCUT2D eigenvalue weighted by atomic mass is 16.2. The van der Waals surface area contributed by atoms with Gasteiger partial charge >= 0.3 is 0 Å². The van der Waals surface area contributed by atoms with E-state index in [9.17, 15) is 4.79 Å². The molecule has 6 nitrogen and oxygen atoms in total. The van der Waals surface area contributed by atoms with Crippen LogP contribution in [0.5, 0.6) is 0 Å². The summed E-state index contributed by atoms with van der Waals surface area (Å²) >= 11 is 0. The van der Waals surface area contributed by atoms with E-state index in [0.717, 1.165) is 64.4 Å². The van der Waals surface area contributed by atoms with Crippen LogP contribution in [0.1, 0.15) is 71.1 Å². The van der Waals surface area contributed by atoms with Crippen LogP contribution in [0, 0.1) is 0 Å². The number of guanidine groups is 1. The van der Waals surface area contributed by atoms with Gasteiger partial charge in [-0.05, 0) is 59.7 Å². The van der Waals surface area contributed by atoms with Crippen molar-refractivity contribution < 1.29 is 4.79 Å². The van der Waals surface area contributed by atoms with Crippen molar-refractivity contribution in [2.24, 2.45) is 4.99 Å². The first-order chi connectivity index (χ1) is 13.1. The van der Waals surface area contributed by atoms with Crippen molar-refractivity contribution >= 4 is 11.9 Å². The Balaban J connectivity index is 2.13. The second kappa shape index (κ2) is 15.7. The topological polar surface area (TPSA) is 60.0 Å². The predicted octanol–water partition coefficient (Wildman–Crippen LogP) is 2.85. The number of aliphatic imine (C=N–C) groups is 1. The molecule has 1 heterocycles. The molecule has 1 saturated heterocycles. The molecular formula is C21H43N5O. The number of likely N-dealkylation sites (tertiary alicyclic amines) is 1. The van der Waals surface area contributed by atoms with Crippen molar-refractivity contribution in [3.05, 3.63) is 0 Å². The third-order valence-corrected chi connectivity index (χ3v) is 4.95. The van der Waals surface area contributed by atoms with Gasteiger partial charge in [0, 0.05) is 39.1 Å². The van der Waals surface area contributed by atoms with E-state index >= 15 is 0 Å². The average Bonchev–Trinajstić information content (AvgIpc) is 2.84. The second-order valence-corrected chi connectivity index (χ2v) is 7.80. The first-order valence-corrected chi connectivity index (χ1v) is 11.1. The summed E-state index contributed by atoms with van der Waals surface area (Å²) in [6, 6.07) is 0. The Hall–Kier alpha value is -1.30. The second-order valence-electron chi connectivity index (χ2n) is 7.80. The molecule has 0 saturated carbocycles. The molecule has 0 aromatic rings. The molecule has 27 heavy (non-hydrogen) atoms. The SMILES string of the molecule is CCNC(=NCCCN1CCCCCC1=O)NCCCCCCCN(C)C. The molecule has 1 aliphatic heterocycles. The summed E-state index contributed by atoms with van der Waals surface area (Å²) in [7, 11) is 4.27. The van der Waals surface area contributed by atoms with Gasteiger partial charge < -0.3 is 20.4 Å². The predicted molar refractivity (Wildman–Crippen MR) is 115 cm³/mol. The number of hydrogen-bond donors (Lipinski definition) is 2. The van der Waals surface area contributed by atoms with Gasteiger partial charge in [0.05, 0.1) is 0 Å². The number of nitrogens with zero attached hydrogens (tertiary/aromatic N) is 3. The van der Waals surface area contributed by atoms with E-state index in [4.69, 9.17) is 0 Å². The Morgan fingerprint density at radius 3 is 2.59 bits per heavy atom. The summed E-state index contributed by atoms with van der Waals surface area (Å²) in [6.45, 7) is 7.68. The van der Waals surface area contributed by atoms with Gasteiger partial charge in [-0.2, -0.15) is 0 Å². The first-order valence-electron chi connectivity index (χ1n) is 11.1. The smallest absolute Gasteiger partial charge is 0.222 e. The minimum Gasteiger partial charge on any atom is -0.357 e. The highest BCUT2D eigenvalue weighted by molar-refractivity contribution is 5.79. The van der Waals surface area contributed by atoms with Crippen molar-refractivity contribution in [3.8, 4) is 0 Å². The van der Waals surface area contributed by atoms with Crippen LogP contribution >= 0.6 is 0 Å². The molecule has 6 heteroatoms. The Labute approximate surface area is 167 Å². The molecule has 0 unspecified atom stereocenters. The zero-order valence-electron chi connectivity index (χ0n) is 18.1. The van der Waals surface area contributed by atoms with Crippen molar-refractivity contribution in [2.75, 3.05) is 53.4 Å². The number of carbonyl (C=O) groups excluding carboxylic acids is 1. The van der Waals surface area contributed by atoms with E-state index in [1.165, 1.54) is 45.1 Å². The lowest BCUT2D eigenvalue weighted by atomic mass is 10.1. The molecule has 0 bridgehead atoms. The fourth-order valence-corrected chi connectivity index (χ4v) is 3.36. The summed E-state index contributed by atoms with van der Waals surface area (Å²) in [5, 5.41) is 6.75. The van der Waals surface area contributed by atoms with Gasteiger partial charge in [-0.3, -0.25) is 9.79 Å². The number of unbranched alkanes of at least 4 members (excludes halogenated alkanes) is 4. The van der Waals surface area contributed by atoms with E-state index in [2.05, 4.69) is 41.5 Å². The van der Waals surface area contributed by atoms with Gasteiger partial charge in [-0.1, -0.05) is 25.7 Å². The van der Waals surface area contributed by atoms with Crippen molar-refractivity contribution in [1.29, 1.82) is 0 Å². The normalized spacial score (nSPS) is 15.9. The standard InChI is InChI=1S/C21H43N5O/c1-4-22-21(23-15-10-6-5-7-11-17-25(2)3)24-16-13-19-26-18-12-8-9-14-20(26)27/h4-19H2,1-3H3,(H2,22,23,24). The lowest BCUT2D eigenvalue weighted by Crippen LogP contribution is -2.38. The zero-order chi connectivity index (χ0) is 19.7. The maximum absolute atomic E-state index is 12.0. The minimum atomic E-state index is 0.326. The number of hydrogen-bond acceptors (Lipinski definition) is 3. The summed E-state index contributed by atoms with van der Waals surface area (Å²) in [4.78, 5) is 21.0. The fraction of sp³-hybridized carbons (Fsp3) is 0.905. The lowest BCUT2D eigenvalue weighted by Gasteiger charge is -2.20. The highest BCUT2D eigenvalue weighted by Gasteiger charge is 2.15. The zero-order valence-corrected chi connectivity index (χ0v) is 18.1. The maximum Gasteiger partial charge on any atom is 0.222 e. The molecule has 0 aliphatic carbocycles. The lowest BCUT2D eigenvalue weighted by molar-refractivity contribution is -0.130. The Morgan fingerprint density at radius 2 is 1.81 bits per heavy atom. The Kier molecular flexibility index (Phi) is 13.8. The third kappa shape index (κ3) is 12.7. The quantitative estimate of drug-likeness (QED) is 0.293. The van der Waals surface area contributed by atoms with Crippen LogP contribution in [0.15, 0.2) is 4.99 Å². The van der Waals surface area contributed by atoms with Crippen LogP contribution in [0.2, 0.25) is 0 Å². The van der Waals surface area contributed by atoms with Gasteiger partial charge in [0.1, 0.15) is 0 Å². The van der Waals surface area contributed by atoms with Crippen LogP contribution in [0.3, 0.4) is 0 Å². The van der Waals surface area contributed by atoms with Crippen LogP contribution in [0.4, 0.5) is 0 Å². The van der Waals surface area contributed by atoms with Gasteiger partial charge in [-0.25, -0.2) is 0 Å². The molecule has 2 N–H and O–H groups in total. The average molecular weight is 382 g/mol.